The van der Waals surface area contributed by atoms with Crippen molar-refractivity contribution in [2.45, 2.75) is 25.4 Å². The van der Waals surface area contributed by atoms with Gasteiger partial charge in [0.2, 0.25) is 0 Å². The molecule has 0 aromatic rings. The van der Waals surface area contributed by atoms with E-state index in [1.165, 1.54) is 0 Å². The lowest BCUT2D eigenvalue weighted by atomic mass is 9.80. The van der Waals surface area contributed by atoms with Crippen LogP contribution in [-0.2, 0) is 0 Å². The number of aliphatic hydroxyl groups is 1. The van der Waals surface area contributed by atoms with Crippen molar-refractivity contribution in [3.63, 3.8) is 0 Å². The Morgan fingerprint density at radius 3 is 2.44 bits per heavy atom. The van der Waals surface area contributed by atoms with E-state index >= 15 is 0 Å². The molecule has 0 radical (unpaired) electrons. The first kappa shape index (κ1) is 7.10. The normalized spacial score (nSPS) is 33.6. The van der Waals surface area contributed by atoms with Crippen LogP contribution in [-0.4, -0.2) is 11.2 Å². The number of rotatable bonds is 2. The molecule has 1 saturated carbocycles. The molecule has 0 bridgehead atoms. The smallest absolute Gasteiger partial charge is 0.0572 e. The van der Waals surface area contributed by atoms with Gasteiger partial charge in [-0.05, 0) is 25.2 Å². The summed E-state index contributed by atoms with van der Waals surface area (Å²) >= 11 is 5.55. The maximum Gasteiger partial charge on any atom is 0.0572 e. The third-order valence-electron chi connectivity index (χ3n) is 1.86. The molecule has 0 aliphatic heterocycles. The monoisotopic (exact) mass is 146 g/mol. The van der Waals surface area contributed by atoms with Gasteiger partial charge in [-0.1, -0.05) is 18.2 Å². The second-order valence-corrected chi connectivity index (χ2v) is 3.16. The number of hydrogen-bond acceptors (Lipinski definition) is 1. The van der Waals surface area contributed by atoms with E-state index in [9.17, 15) is 0 Å². The lowest BCUT2D eigenvalue weighted by Gasteiger charge is -2.31. The summed E-state index contributed by atoms with van der Waals surface area (Å²) in [5.74, 6) is 0.398. The Labute approximate surface area is 60.3 Å². The number of hydrogen-bond donors (Lipinski definition) is 1. The maximum absolute atomic E-state index is 9.06. The number of halogens is 1. The van der Waals surface area contributed by atoms with Crippen LogP contribution in [0.1, 0.15) is 19.3 Å². The van der Waals surface area contributed by atoms with E-state index in [0.29, 0.717) is 11.0 Å². The summed E-state index contributed by atoms with van der Waals surface area (Å²) in [5, 5.41) is 9.72. The van der Waals surface area contributed by atoms with Crippen molar-refractivity contribution >= 4 is 11.6 Å². The van der Waals surface area contributed by atoms with Crippen molar-refractivity contribution in [1.29, 1.82) is 0 Å². The first-order chi connectivity index (χ1) is 4.20. The Balaban J connectivity index is 2.21. The molecule has 0 saturated heterocycles. The molecule has 1 rings (SSSR count). The first-order valence-corrected chi connectivity index (χ1v) is 3.59. The molecule has 0 aromatic carbocycles. The number of aliphatic hydroxyl groups excluding tert-OH is 1. The van der Waals surface area contributed by atoms with E-state index in [2.05, 4.69) is 6.58 Å². The van der Waals surface area contributed by atoms with Gasteiger partial charge in [-0.3, -0.25) is 0 Å². The molecule has 0 spiro atoms. The second-order valence-electron chi connectivity index (χ2n) is 2.63. The summed E-state index contributed by atoms with van der Waals surface area (Å²) in [5.41, 5.74) is 0. The highest BCUT2D eigenvalue weighted by molar-refractivity contribution is 6.29. The molecule has 2 atom stereocenters. The molecule has 1 nitrogen and oxygen atoms in total. The summed E-state index contributed by atoms with van der Waals surface area (Å²) in [6, 6.07) is 0. The third-order valence-corrected chi connectivity index (χ3v) is 2.02. The largest absolute Gasteiger partial charge is 0.393 e. The van der Waals surface area contributed by atoms with Gasteiger partial charge in [0.05, 0.1) is 6.10 Å². The molecule has 0 aromatic heterocycles. The summed E-state index contributed by atoms with van der Waals surface area (Å²) < 4.78 is 0. The minimum Gasteiger partial charge on any atom is -0.393 e. The summed E-state index contributed by atoms with van der Waals surface area (Å²) in [4.78, 5) is 0. The zero-order valence-corrected chi connectivity index (χ0v) is 6.06. The zero-order valence-electron chi connectivity index (χ0n) is 5.31. The highest BCUT2D eigenvalue weighted by atomic mass is 35.5. The van der Waals surface area contributed by atoms with Crippen molar-refractivity contribution < 1.29 is 5.11 Å². The Morgan fingerprint density at radius 2 is 2.33 bits per heavy atom. The predicted octanol–water partition coefficient (Wildman–Crippen LogP) is 1.90. The van der Waals surface area contributed by atoms with Crippen LogP contribution in [0, 0.1) is 5.92 Å². The summed E-state index contributed by atoms with van der Waals surface area (Å²) in [6.07, 6.45) is 2.71. The minimum absolute atomic E-state index is 0.111. The Morgan fingerprint density at radius 1 is 1.67 bits per heavy atom. The molecule has 52 valence electrons. The Bertz CT molecular complexity index is 122. The third kappa shape index (κ3) is 1.70. The van der Waals surface area contributed by atoms with Crippen LogP contribution in [0.25, 0.3) is 0 Å². The van der Waals surface area contributed by atoms with E-state index in [4.69, 9.17) is 16.7 Å². The average Bonchev–Trinajstić information content (AvgIpc) is 1.79. The van der Waals surface area contributed by atoms with Gasteiger partial charge in [0, 0.05) is 5.03 Å². The van der Waals surface area contributed by atoms with Crippen LogP contribution in [0.4, 0.5) is 0 Å². The van der Waals surface area contributed by atoms with Crippen LogP contribution in [0.15, 0.2) is 11.6 Å². The molecule has 1 fully saturated rings. The van der Waals surface area contributed by atoms with E-state index in [1.54, 1.807) is 0 Å². The van der Waals surface area contributed by atoms with Crippen molar-refractivity contribution in [3.8, 4) is 0 Å². The molecule has 1 N–H and O–H groups in total. The lowest BCUT2D eigenvalue weighted by molar-refractivity contribution is 0.0254. The standard InChI is InChI=1S/C7H11ClO/c1-5(8)4-6-2-3-7(6)9/h6-7,9H,1-4H2. The van der Waals surface area contributed by atoms with Gasteiger partial charge in [0.1, 0.15) is 0 Å². The SMILES string of the molecule is C=C(Cl)CC1CCC1O. The molecule has 1 aliphatic carbocycles. The summed E-state index contributed by atoms with van der Waals surface area (Å²) in [7, 11) is 0. The van der Waals surface area contributed by atoms with Crippen LogP contribution in [0.5, 0.6) is 0 Å². The van der Waals surface area contributed by atoms with Gasteiger partial charge in [-0.25, -0.2) is 0 Å². The molecular weight excluding hydrogens is 136 g/mol. The van der Waals surface area contributed by atoms with Crippen LogP contribution in [0.3, 0.4) is 0 Å². The highest BCUT2D eigenvalue weighted by Gasteiger charge is 2.28. The van der Waals surface area contributed by atoms with Crippen molar-refractivity contribution in [2.75, 3.05) is 0 Å². The van der Waals surface area contributed by atoms with Gasteiger partial charge in [0.25, 0.3) is 0 Å². The van der Waals surface area contributed by atoms with E-state index in [1.807, 2.05) is 0 Å². The fraction of sp³-hybridized carbons (Fsp3) is 0.714. The van der Waals surface area contributed by atoms with Crippen LogP contribution < -0.4 is 0 Å². The molecule has 2 heteroatoms. The molecule has 1 aliphatic rings. The molecular formula is C7H11ClO. The quantitative estimate of drug-likeness (QED) is 0.631. The molecule has 0 amide bonds. The van der Waals surface area contributed by atoms with Gasteiger partial charge in [-0.15, -0.1) is 0 Å². The summed E-state index contributed by atoms with van der Waals surface area (Å²) in [6.45, 7) is 3.57. The zero-order chi connectivity index (χ0) is 6.85. The average molecular weight is 147 g/mol. The fourth-order valence-corrected chi connectivity index (χ4v) is 1.27. The van der Waals surface area contributed by atoms with Crippen molar-refractivity contribution in [2.24, 2.45) is 5.92 Å². The van der Waals surface area contributed by atoms with Crippen molar-refractivity contribution in [1.82, 2.24) is 0 Å². The Kier molecular flexibility index (Phi) is 2.14. The van der Waals surface area contributed by atoms with E-state index < -0.39 is 0 Å². The topological polar surface area (TPSA) is 20.2 Å². The van der Waals surface area contributed by atoms with E-state index in [-0.39, 0.29) is 6.10 Å². The van der Waals surface area contributed by atoms with Gasteiger partial charge in [0.15, 0.2) is 0 Å². The second kappa shape index (κ2) is 2.72. The lowest BCUT2D eigenvalue weighted by Crippen LogP contribution is -2.30. The molecule has 9 heavy (non-hydrogen) atoms. The van der Waals surface area contributed by atoms with Gasteiger partial charge >= 0.3 is 0 Å². The van der Waals surface area contributed by atoms with E-state index in [0.717, 1.165) is 19.3 Å². The minimum atomic E-state index is -0.111. The highest BCUT2D eigenvalue weighted by Crippen LogP contribution is 2.32. The molecule has 0 heterocycles. The van der Waals surface area contributed by atoms with Crippen LogP contribution in [0.2, 0.25) is 0 Å². The fourth-order valence-electron chi connectivity index (χ4n) is 1.07. The van der Waals surface area contributed by atoms with Crippen molar-refractivity contribution in [3.05, 3.63) is 11.6 Å². The van der Waals surface area contributed by atoms with Gasteiger partial charge < -0.3 is 5.11 Å². The number of allylic oxidation sites excluding steroid dienone is 1. The predicted molar refractivity (Wildman–Crippen MR) is 38.3 cm³/mol. The van der Waals surface area contributed by atoms with Gasteiger partial charge in [-0.2, -0.15) is 0 Å². The maximum atomic E-state index is 9.06. The molecule has 2 unspecified atom stereocenters. The Hall–Kier alpha value is -0.0100. The first-order valence-electron chi connectivity index (χ1n) is 3.21. The van der Waals surface area contributed by atoms with Crippen LogP contribution >= 0.6 is 11.6 Å².